The molecule has 0 radical (unpaired) electrons. The molecule has 5 rings (SSSR count). The van der Waals surface area contributed by atoms with Crippen molar-refractivity contribution in [3.8, 4) is 11.1 Å². The lowest BCUT2D eigenvalue weighted by Crippen LogP contribution is -2.13. The quantitative estimate of drug-likeness (QED) is 0.458. The Kier molecular flexibility index (Phi) is 3.64. The zero-order valence-corrected chi connectivity index (χ0v) is 16.0. The molecule has 0 aliphatic rings. The monoisotopic (exact) mass is 387 g/mol. The maximum absolute atomic E-state index is 13.3. The van der Waals surface area contributed by atoms with E-state index in [0.717, 1.165) is 27.6 Å². The van der Waals surface area contributed by atoms with E-state index >= 15 is 0 Å². The van der Waals surface area contributed by atoms with Crippen LogP contribution in [-0.4, -0.2) is 22.0 Å². The van der Waals surface area contributed by atoms with E-state index in [0.29, 0.717) is 10.4 Å². The Balaban J connectivity index is 1.75. The van der Waals surface area contributed by atoms with Crippen LogP contribution in [0, 0.1) is 6.92 Å². The van der Waals surface area contributed by atoms with Gasteiger partial charge in [-0.1, -0.05) is 30.3 Å². The van der Waals surface area contributed by atoms with E-state index in [1.54, 1.807) is 24.5 Å². The van der Waals surface area contributed by atoms with Gasteiger partial charge in [-0.05, 0) is 54.4 Å². The predicted octanol–water partition coefficient (Wildman–Crippen LogP) is 4.50. The van der Waals surface area contributed by atoms with Gasteiger partial charge in [0.05, 0.1) is 15.9 Å². The molecule has 0 amide bonds. The number of hydrogen-bond donors (Lipinski definition) is 0. The molecule has 5 aromatic rings. The van der Waals surface area contributed by atoms with E-state index in [4.69, 9.17) is 0 Å². The molecule has 0 saturated carbocycles. The molecule has 6 heteroatoms. The summed E-state index contributed by atoms with van der Waals surface area (Å²) in [5, 5.41) is 5.20. The summed E-state index contributed by atoms with van der Waals surface area (Å²) >= 11 is 0. The summed E-state index contributed by atoms with van der Waals surface area (Å²) in [6, 6.07) is 20.5. The van der Waals surface area contributed by atoms with Gasteiger partial charge in [-0.25, -0.2) is 16.9 Å². The van der Waals surface area contributed by atoms with Crippen molar-refractivity contribution in [2.24, 2.45) is 0 Å². The molecule has 138 valence electrons. The Morgan fingerprint density at radius 2 is 1.61 bits per heavy atom. The summed E-state index contributed by atoms with van der Waals surface area (Å²) in [4.78, 5) is 0.316. The van der Waals surface area contributed by atoms with Gasteiger partial charge in [0.15, 0.2) is 0 Å². The average molecular weight is 387 g/mol. The minimum Gasteiger partial charge on any atom is -0.241 e. The lowest BCUT2D eigenvalue weighted by Gasteiger charge is -2.10. The summed E-state index contributed by atoms with van der Waals surface area (Å²) in [5.74, 6) is 0. The van der Waals surface area contributed by atoms with Gasteiger partial charge in [0, 0.05) is 29.5 Å². The highest BCUT2D eigenvalue weighted by Gasteiger charge is 2.21. The van der Waals surface area contributed by atoms with Gasteiger partial charge in [-0.2, -0.15) is 5.10 Å². The summed E-state index contributed by atoms with van der Waals surface area (Å²) in [5.41, 5.74) is 4.36. The van der Waals surface area contributed by atoms with Gasteiger partial charge < -0.3 is 0 Å². The highest BCUT2D eigenvalue weighted by molar-refractivity contribution is 7.90. The van der Waals surface area contributed by atoms with Crippen LogP contribution in [-0.2, 0) is 10.0 Å². The molecular formula is C22H17N3O2S. The fourth-order valence-corrected chi connectivity index (χ4v) is 5.29. The molecule has 3 heterocycles. The van der Waals surface area contributed by atoms with E-state index in [-0.39, 0.29) is 0 Å². The Bertz CT molecular complexity index is 1450. The average Bonchev–Trinajstić information content (AvgIpc) is 3.33. The molecule has 3 aromatic heterocycles. The van der Waals surface area contributed by atoms with Crippen LogP contribution >= 0.6 is 0 Å². The minimum atomic E-state index is -3.68. The van der Waals surface area contributed by atoms with Gasteiger partial charge >= 0.3 is 0 Å². The van der Waals surface area contributed by atoms with Crippen molar-refractivity contribution in [1.82, 2.24) is 13.6 Å². The second-order valence-electron chi connectivity index (χ2n) is 6.70. The van der Waals surface area contributed by atoms with Crippen molar-refractivity contribution in [2.75, 3.05) is 0 Å². The molecule has 0 spiro atoms. The first-order chi connectivity index (χ1) is 13.6. The SMILES string of the molecule is Cc1ccccc1S(=O)(=O)n1ccc2c(-c3ccn4ncccc34)cccc21. The van der Waals surface area contributed by atoms with E-state index in [1.165, 1.54) is 3.97 Å². The molecule has 0 atom stereocenters. The number of rotatable bonds is 3. The van der Waals surface area contributed by atoms with Gasteiger partial charge in [-0.3, -0.25) is 0 Å². The predicted molar refractivity (Wildman–Crippen MR) is 110 cm³/mol. The molecule has 0 bridgehead atoms. The van der Waals surface area contributed by atoms with Gasteiger partial charge in [0.25, 0.3) is 10.0 Å². The third kappa shape index (κ3) is 2.38. The van der Waals surface area contributed by atoms with Crippen molar-refractivity contribution < 1.29 is 8.42 Å². The first kappa shape index (κ1) is 16.8. The highest BCUT2D eigenvalue weighted by Crippen LogP contribution is 2.34. The van der Waals surface area contributed by atoms with Crippen LogP contribution in [0.1, 0.15) is 5.56 Å². The lowest BCUT2D eigenvalue weighted by molar-refractivity contribution is 0.588. The lowest BCUT2D eigenvalue weighted by atomic mass is 10.0. The summed E-state index contributed by atoms with van der Waals surface area (Å²) in [6.07, 6.45) is 5.28. The Labute approximate surface area is 162 Å². The molecular weight excluding hydrogens is 370 g/mol. The zero-order chi connectivity index (χ0) is 19.3. The van der Waals surface area contributed by atoms with Crippen molar-refractivity contribution in [3.05, 3.63) is 90.9 Å². The molecule has 5 nitrogen and oxygen atoms in total. The molecule has 2 aromatic carbocycles. The van der Waals surface area contributed by atoms with Crippen LogP contribution < -0.4 is 0 Å². The Morgan fingerprint density at radius 3 is 2.46 bits per heavy atom. The van der Waals surface area contributed by atoms with Crippen LogP contribution in [0.2, 0.25) is 0 Å². The second kappa shape index (κ2) is 6.07. The molecule has 0 fully saturated rings. The normalized spacial score (nSPS) is 12.0. The first-order valence-corrected chi connectivity index (χ1v) is 10.4. The maximum Gasteiger partial charge on any atom is 0.268 e. The topological polar surface area (TPSA) is 56.4 Å². The van der Waals surface area contributed by atoms with Gasteiger partial charge in [0.1, 0.15) is 0 Å². The standard InChI is InChI=1S/C22H17N3O2S/c1-16-6-2-3-10-22(16)28(26,27)25-15-12-19-17(7-4-8-21(19)25)18-11-14-24-20(18)9-5-13-23-24/h2-15H,1H3. The van der Waals surface area contributed by atoms with Crippen LogP contribution in [0.5, 0.6) is 0 Å². The van der Waals surface area contributed by atoms with Crippen LogP contribution in [0.25, 0.3) is 27.5 Å². The number of aryl methyl sites for hydroxylation is 1. The Morgan fingerprint density at radius 1 is 0.786 bits per heavy atom. The third-order valence-electron chi connectivity index (χ3n) is 5.05. The largest absolute Gasteiger partial charge is 0.268 e. The fourth-order valence-electron chi connectivity index (χ4n) is 3.71. The fraction of sp³-hybridized carbons (Fsp3) is 0.0455. The van der Waals surface area contributed by atoms with Crippen LogP contribution in [0.4, 0.5) is 0 Å². The van der Waals surface area contributed by atoms with E-state index in [9.17, 15) is 8.42 Å². The van der Waals surface area contributed by atoms with Crippen molar-refractivity contribution in [3.63, 3.8) is 0 Å². The highest BCUT2D eigenvalue weighted by atomic mass is 32.2. The number of nitrogens with zero attached hydrogens (tertiary/aromatic N) is 3. The van der Waals surface area contributed by atoms with Crippen LogP contribution in [0.15, 0.2) is 90.2 Å². The zero-order valence-electron chi connectivity index (χ0n) is 15.1. The summed E-state index contributed by atoms with van der Waals surface area (Å²) in [7, 11) is -3.68. The molecule has 28 heavy (non-hydrogen) atoms. The molecule has 0 aliphatic carbocycles. The van der Waals surface area contributed by atoms with E-state index < -0.39 is 10.0 Å². The third-order valence-corrected chi connectivity index (χ3v) is 6.90. The summed E-state index contributed by atoms with van der Waals surface area (Å²) in [6.45, 7) is 1.81. The first-order valence-electron chi connectivity index (χ1n) is 8.91. The van der Waals surface area contributed by atoms with Crippen LogP contribution in [0.3, 0.4) is 0 Å². The number of fused-ring (bicyclic) bond motifs is 2. The van der Waals surface area contributed by atoms with Gasteiger partial charge in [-0.15, -0.1) is 0 Å². The van der Waals surface area contributed by atoms with E-state index in [2.05, 4.69) is 5.10 Å². The van der Waals surface area contributed by atoms with Gasteiger partial charge in [0.2, 0.25) is 0 Å². The maximum atomic E-state index is 13.3. The summed E-state index contributed by atoms with van der Waals surface area (Å²) < 4.78 is 29.8. The molecule has 0 N–H and O–H groups in total. The Hall–Kier alpha value is -3.38. The smallest absolute Gasteiger partial charge is 0.241 e. The molecule has 0 unspecified atom stereocenters. The molecule has 0 aliphatic heterocycles. The minimum absolute atomic E-state index is 0.316. The van der Waals surface area contributed by atoms with Crippen molar-refractivity contribution in [1.29, 1.82) is 0 Å². The second-order valence-corrected chi connectivity index (χ2v) is 8.49. The number of aromatic nitrogens is 3. The van der Waals surface area contributed by atoms with Crippen molar-refractivity contribution in [2.45, 2.75) is 11.8 Å². The molecule has 0 saturated heterocycles. The van der Waals surface area contributed by atoms with E-state index in [1.807, 2.05) is 72.2 Å². The van der Waals surface area contributed by atoms with Crippen molar-refractivity contribution >= 4 is 26.4 Å². The number of hydrogen-bond acceptors (Lipinski definition) is 3. The number of benzene rings is 2.